The van der Waals surface area contributed by atoms with Crippen LogP contribution in [-0.2, 0) is 11.3 Å². The SMILES string of the molecule is O=C(OCc1nc(-c2cccc(Cl)c2)no1)c1ccco1. The maximum absolute atomic E-state index is 11.6. The highest BCUT2D eigenvalue weighted by Crippen LogP contribution is 2.20. The Morgan fingerprint density at radius 3 is 2.95 bits per heavy atom. The molecule has 0 atom stereocenters. The Morgan fingerprint density at radius 2 is 2.19 bits per heavy atom. The number of halogens is 1. The second kappa shape index (κ2) is 5.80. The lowest BCUT2D eigenvalue weighted by molar-refractivity contribution is 0.0394. The van der Waals surface area contributed by atoms with Crippen molar-refractivity contribution in [2.45, 2.75) is 6.61 Å². The summed E-state index contributed by atoms with van der Waals surface area (Å²) in [4.78, 5) is 15.7. The van der Waals surface area contributed by atoms with Gasteiger partial charge in [-0.1, -0.05) is 28.9 Å². The number of rotatable bonds is 4. The molecule has 6 nitrogen and oxygen atoms in total. The number of carbonyl (C=O) groups excluding carboxylic acids is 1. The molecule has 0 unspecified atom stereocenters. The molecule has 0 saturated carbocycles. The Balaban J connectivity index is 1.67. The van der Waals surface area contributed by atoms with Crippen LogP contribution in [0.4, 0.5) is 0 Å². The Hall–Kier alpha value is -2.60. The number of ether oxygens (including phenoxy) is 1. The molecule has 0 N–H and O–H groups in total. The summed E-state index contributed by atoms with van der Waals surface area (Å²) in [7, 11) is 0. The Bertz CT molecular complexity index is 752. The monoisotopic (exact) mass is 304 g/mol. The Morgan fingerprint density at radius 1 is 1.29 bits per heavy atom. The van der Waals surface area contributed by atoms with Crippen LogP contribution in [0.15, 0.2) is 51.6 Å². The van der Waals surface area contributed by atoms with Crippen LogP contribution in [0.5, 0.6) is 0 Å². The van der Waals surface area contributed by atoms with E-state index in [1.54, 1.807) is 30.3 Å². The molecule has 0 bridgehead atoms. The van der Waals surface area contributed by atoms with Crippen LogP contribution >= 0.6 is 11.6 Å². The fourth-order valence-corrected chi connectivity index (χ4v) is 1.84. The molecular weight excluding hydrogens is 296 g/mol. The first kappa shape index (κ1) is 13.4. The van der Waals surface area contributed by atoms with E-state index < -0.39 is 5.97 Å². The molecule has 0 spiro atoms. The molecule has 2 aromatic heterocycles. The summed E-state index contributed by atoms with van der Waals surface area (Å²) in [5.41, 5.74) is 0.717. The van der Waals surface area contributed by atoms with Crippen LogP contribution < -0.4 is 0 Å². The number of hydrogen-bond acceptors (Lipinski definition) is 6. The van der Waals surface area contributed by atoms with E-state index in [1.807, 2.05) is 0 Å². The largest absolute Gasteiger partial charge is 0.457 e. The van der Waals surface area contributed by atoms with Crippen molar-refractivity contribution in [2.75, 3.05) is 0 Å². The van der Waals surface area contributed by atoms with Gasteiger partial charge in [0.15, 0.2) is 6.61 Å². The topological polar surface area (TPSA) is 78.4 Å². The molecule has 106 valence electrons. The minimum Gasteiger partial charge on any atom is -0.457 e. The van der Waals surface area contributed by atoms with Crippen LogP contribution in [0, 0.1) is 0 Å². The molecule has 3 rings (SSSR count). The van der Waals surface area contributed by atoms with E-state index in [0.717, 1.165) is 5.56 Å². The van der Waals surface area contributed by atoms with Gasteiger partial charge in [-0.15, -0.1) is 0 Å². The van der Waals surface area contributed by atoms with E-state index in [4.69, 9.17) is 25.3 Å². The number of hydrogen-bond donors (Lipinski definition) is 0. The fraction of sp³-hybridized carbons (Fsp3) is 0.0714. The number of carbonyl (C=O) groups is 1. The minimum atomic E-state index is -0.595. The van der Waals surface area contributed by atoms with Crippen molar-refractivity contribution in [2.24, 2.45) is 0 Å². The number of furan rings is 1. The third kappa shape index (κ3) is 3.11. The summed E-state index contributed by atoms with van der Waals surface area (Å²) in [5, 5.41) is 4.38. The van der Waals surface area contributed by atoms with Crippen LogP contribution in [-0.4, -0.2) is 16.1 Å². The Kier molecular flexibility index (Phi) is 3.70. The van der Waals surface area contributed by atoms with Crippen LogP contribution in [0.3, 0.4) is 0 Å². The second-order valence-electron chi connectivity index (χ2n) is 4.08. The van der Waals surface area contributed by atoms with Crippen molar-refractivity contribution < 1.29 is 18.5 Å². The van der Waals surface area contributed by atoms with Crippen LogP contribution in [0.1, 0.15) is 16.4 Å². The smallest absolute Gasteiger partial charge is 0.374 e. The zero-order valence-corrected chi connectivity index (χ0v) is 11.4. The van der Waals surface area contributed by atoms with Crippen molar-refractivity contribution in [1.29, 1.82) is 0 Å². The fourth-order valence-electron chi connectivity index (χ4n) is 1.65. The number of aromatic nitrogens is 2. The van der Waals surface area contributed by atoms with Gasteiger partial charge in [-0.2, -0.15) is 4.98 Å². The molecule has 0 aliphatic carbocycles. The average Bonchev–Trinajstić information content (AvgIpc) is 3.16. The molecule has 0 amide bonds. The van der Waals surface area contributed by atoms with Crippen molar-refractivity contribution in [1.82, 2.24) is 10.1 Å². The molecular formula is C14H9ClN2O4. The highest BCUT2D eigenvalue weighted by molar-refractivity contribution is 6.30. The number of esters is 1. The first-order chi connectivity index (χ1) is 10.2. The van der Waals surface area contributed by atoms with Gasteiger partial charge in [-0.3, -0.25) is 0 Å². The maximum atomic E-state index is 11.6. The normalized spacial score (nSPS) is 10.5. The van der Waals surface area contributed by atoms with Crippen molar-refractivity contribution in [3.63, 3.8) is 0 Å². The van der Waals surface area contributed by atoms with E-state index in [1.165, 1.54) is 12.3 Å². The summed E-state index contributed by atoms with van der Waals surface area (Å²) in [5.74, 6) is 0.0820. The van der Waals surface area contributed by atoms with Crippen molar-refractivity contribution >= 4 is 17.6 Å². The van der Waals surface area contributed by atoms with Crippen molar-refractivity contribution in [3.8, 4) is 11.4 Å². The van der Waals surface area contributed by atoms with Crippen molar-refractivity contribution in [3.05, 3.63) is 59.3 Å². The molecule has 1 aromatic carbocycles. The summed E-state index contributed by atoms with van der Waals surface area (Å²) in [6.45, 7) is -0.132. The van der Waals surface area contributed by atoms with Gasteiger partial charge in [0.1, 0.15) is 0 Å². The van der Waals surface area contributed by atoms with E-state index in [2.05, 4.69) is 10.1 Å². The van der Waals surface area contributed by atoms with E-state index in [9.17, 15) is 4.79 Å². The molecule has 0 aliphatic heterocycles. The number of nitrogens with zero attached hydrogens (tertiary/aromatic N) is 2. The van der Waals surface area contributed by atoms with E-state index in [-0.39, 0.29) is 18.3 Å². The first-order valence-corrected chi connectivity index (χ1v) is 6.39. The standard InChI is InChI=1S/C14H9ClN2O4/c15-10-4-1-3-9(7-10)13-16-12(21-17-13)8-20-14(18)11-5-2-6-19-11/h1-7H,8H2. The van der Waals surface area contributed by atoms with Gasteiger partial charge in [-0.05, 0) is 24.3 Å². The third-order valence-corrected chi connectivity index (χ3v) is 2.84. The van der Waals surface area contributed by atoms with Gasteiger partial charge in [-0.25, -0.2) is 4.79 Å². The number of benzene rings is 1. The molecule has 3 aromatic rings. The predicted octanol–water partition coefficient (Wildman–Crippen LogP) is 3.34. The van der Waals surface area contributed by atoms with Gasteiger partial charge in [0.2, 0.25) is 11.6 Å². The second-order valence-corrected chi connectivity index (χ2v) is 4.51. The predicted molar refractivity (Wildman–Crippen MR) is 72.6 cm³/mol. The maximum Gasteiger partial charge on any atom is 0.374 e. The molecule has 0 aliphatic rings. The van der Waals surface area contributed by atoms with Gasteiger partial charge >= 0.3 is 5.97 Å². The summed E-state index contributed by atoms with van der Waals surface area (Å²) in [6.07, 6.45) is 1.39. The quantitative estimate of drug-likeness (QED) is 0.688. The first-order valence-electron chi connectivity index (χ1n) is 6.01. The van der Waals surface area contributed by atoms with E-state index in [0.29, 0.717) is 10.8 Å². The summed E-state index contributed by atoms with van der Waals surface area (Å²) < 4.78 is 14.9. The zero-order chi connectivity index (χ0) is 14.7. The average molecular weight is 305 g/mol. The molecule has 0 saturated heterocycles. The van der Waals surface area contributed by atoms with Gasteiger partial charge in [0.25, 0.3) is 5.89 Å². The summed E-state index contributed by atoms with van der Waals surface area (Å²) in [6, 6.07) is 10.1. The lowest BCUT2D eigenvalue weighted by Crippen LogP contribution is -2.04. The Labute approximate surface area is 124 Å². The molecule has 21 heavy (non-hydrogen) atoms. The summed E-state index contributed by atoms with van der Waals surface area (Å²) >= 11 is 5.90. The molecule has 0 radical (unpaired) electrons. The van der Waals surface area contributed by atoms with Gasteiger partial charge < -0.3 is 13.7 Å². The van der Waals surface area contributed by atoms with Crippen LogP contribution in [0.25, 0.3) is 11.4 Å². The molecule has 7 heteroatoms. The van der Waals surface area contributed by atoms with Gasteiger partial charge in [0, 0.05) is 10.6 Å². The lowest BCUT2D eigenvalue weighted by Gasteiger charge is -1.97. The molecule has 0 fully saturated rings. The molecule has 2 heterocycles. The van der Waals surface area contributed by atoms with E-state index >= 15 is 0 Å². The van der Waals surface area contributed by atoms with Gasteiger partial charge in [0.05, 0.1) is 6.26 Å². The highest BCUT2D eigenvalue weighted by atomic mass is 35.5. The zero-order valence-electron chi connectivity index (χ0n) is 10.7. The lowest BCUT2D eigenvalue weighted by atomic mass is 10.2. The third-order valence-electron chi connectivity index (χ3n) is 2.60. The van der Waals surface area contributed by atoms with Crippen LogP contribution in [0.2, 0.25) is 5.02 Å². The minimum absolute atomic E-state index is 0.115. The highest BCUT2D eigenvalue weighted by Gasteiger charge is 2.14.